The third-order valence-corrected chi connectivity index (χ3v) is 4.17. The molecule has 0 saturated carbocycles. The number of para-hydroxylation sites is 1. The van der Waals surface area contributed by atoms with Gasteiger partial charge in [0.15, 0.2) is 0 Å². The first-order valence-electron chi connectivity index (χ1n) is 7.83. The van der Waals surface area contributed by atoms with E-state index < -0.39 is 0 Å². The van der Waals surface area contributed by atoms with Crippen LogP contribution in [0.3, 0.4) is 0 Å². The number of hydrogen-bond donors (Lipinski definition) is 1. The monoisotopic (exact) mass is 289 g/mol. The third-order valence-electron chi connectivity index (χ3n) is 4.17. The van der Waals surface area contributed by atoms with Crippen LogP contribution < -0.4 is 5.32 Å². The standard InChI is InChI=1S/C17H27N3O/c1-13(2)15-8-5-7-14(3)16(15)18-17(21)20-10-6-9-19(4)11-12-20/h5,7-8,13H,6,9-12H2,1-4H3,(H,18,21). The number of urea groups is 1. The highest BCUT2D eigenvalue weighted by Gasteiger charge is 2.19. The molecule has 21 heavy (non-hydrogen) atoms. The lowest BCUT2D eigenvalue weighted by atomic mass is 9.98. The smallest absolute Gasteiger partial charge is 0.321 e. The summed E-state index contributed by atoms with van der Waals surface area (Å²) in [4.78, 5) is 16.8. The molecule has 1 aromatic carbocycles. The maximum atomic E-state index is 12.6. The van der Waals surface area contributed by atoms with E-state index in [1.807, 2.05) is 4.90 Å². The van der Waals surface area contributed by atoms with Crippen molar-refractivity contribution in [2.24, 2.45) is 0 Å². The SMILES string of the molecule is Cc1cccc(C(C)C)c1NC(=O)N1CCCN(C)CC1. The van der Waals surface area contributed by atoms with Crippen LogP contribution in [-0.2, 0) is 0 Å². The Kier molecular flexibility index (Phi) is 5.23. The van der Waals surface area contributed by atoms with Crippen molar-refractivity contribution in [1.82, 2.24) is 9.80 Å². The number of nitrogens with one attached hydrogen (secondary N) is 1. The fourth-order valence-electron chi connectivity index (χ4n) is 2.78. The molecule has 1 saturated heterocycles. The fraction of sp³-hybridized carbons (Fsp3) is 0.588. The molecule has 1 fully saturated rings. The number of benzene rings is 1. The Balaban J connectivity index is 2.12. The van der Waals surface area contributed by atoms with Gasteiger partial charge in [0, 0.05) is 25.3 Å². The second kappa shape index (κ2) is 6.94. The second-order valence-electron chi connectivity index (χ2n) is 6.27. The number of carbonyl (C=O) groups is 1. The maximum Gasteiger partial charge on any atom is 0.321 e. The van der Waals surface area contributed by atoms with Gasteiger partial charge in [-0.15, -0.1) is 0 Å². The van der Waals surface area contributed by atoms with Crippen LogP contribution in [0.1, 0.15) is 37.3 Å². The molecule has 0 aromatic heterocycles. The van der Waals surface area contributed by atoms with Crippen LogP contribution in [0.5, 0.6) is 0 Å². The lowest BCUT2D eigenvalue weighted by Gasteiger charge is -2.23. The highest BCUT2D eigenvalue weighted by atomic mass is 16.2. The molecule has 116 valence electrons. The molecular formula is C17H27N3O. The first kappa shape index (κ1) is 15.8. The average Bonchev–Trinajstić information content (AvgIpc) is 2.65. The molecule has 0 atom stereocenters. The van der Waals surface area contributed by atoms with Gasteiger partial charge < -0.3 is 15.1 Å². The van der Waals surface area contributed by atoms with Crippen molar-refractivity contribution in [3.63, 3.8) is 0 Å². The van der Waals surface area contributed by atoms with Gasteiger partial charge in [0.2, 0.25) is 0 Å². The number of aryl methyl sites for hydroxylation is 1. The third kappa shape index (κ3) is 3.97. The van der Waals surface area contributed by atoms with E-state index in [-0.39, 0.29) is 6.03 Å². The summed E-state index contributed by atoms with van der Waals surface area (Å²) in [6.45, 7) is 10.0. The van der Waals surface area contributed by atoms with E-state index in [0.29, 0.717) is 5.92 Å². The topological polar surface area (TPSA) is 35.6 Å². The Morgan fingerprint density at radius 1 is 1.19 bits per heavy atom. The molecular weight excluding hydrogens is 262 g/mol. The number of hydrogen-bond acceptors (Lipinski definition) is 2. The molecule has 1 aliphatic heterocycles. The summed E-state index contributed by atoms with van der Waals surface area (Å²) in [5.74, 6) is 0.399. The van der Waals surface area contributed by atoms with E-state index in [1.165, 1.54) is 5.56 Å². The van der Waals surface area contributed by atoms with E-state index in [0.717, 1.165) is 43.9 Å². The number of likely N-dealkylation sites (N-methyl/N-ethyl adjacent to an activating group) is 1. The Bertz CT molecular complexity index is 499. The second-order valence-corrected chi connectivity index (χ2v) is 6.27. The van der Waals surface area contributed by atoms with Crippen LogP contribution in [0.4, 0.5) is 10.5 Å². The summed E-state index contributed by atoms with van der Waals surface area (Å²) in [6.07, 6.45) is 1.04. The Hall–Kier alpha value is -1.55. The van der Waals surface area contributed by atoms with Crippen LogP contribution in [0, 0.1) is 6.92 Å². The highest BCUT2D eigenvalue weighted by molar-refractivity contribution is 5.91. The van der Waals surface area contributed by atoms with Gasteiger partial charge in [-0.25, -0.2) is 4.79 Å². The molecule has 4 nitrogen and oxygen atoms in total. The average molecular weight is 289 g/mol. The normalized spacial score (nSPS) is 16.9. The number of nitrogens with zero attached hydrogens (tertiary/aromatic N) is 2. The zero-order valence-electron chi connectivity index (χ0n) is 13.6. The summed E-state index contributed by atoms with van der Waals surface area (Å²) in [7, 11) is 2.11. The molecule has 0 spiro atoms. The molecule has 0 aliphatic carbocycles. The van der Waals surface area contributed by atoms with Gasteiger partial charge >= 0.3 is 6.03 Å². The van der Waals surface area contributed by atoms with Crippen LogP contribution in [-0.4, -0.2) is 49.1 Å². The summed E-state index contributed by atoms with van der Waals surface area (Å²) in [5.41, 5.74) is 3.31. The van der Waals surface area contributed by atoms with Crippen molar-refractivity contribution < 1.29 is 4.79 Å². The minimum absolute atomic E-state index is 0.0292. The van der Waals surface area contributed by atoms with Crippen molar-refractivity contribution in [2.45, 2.75) is 33.1 Å². The van der Waals surface area contributed by atoms with Crippen LogP contribution >= 0.6 is 0 Å². The van der Waals surface area contributed by atoms with Crippen molar-refractivity contribution in [3.8, 4) is 0 Å². The zero-order valence-corrected chi connectivity index (χ0v) is 13.6. The molecule has 2 amide bonds. The minimum atomic E-state index is 0.0292. The zero-order chi connectivity index (χ0) is 15.4. The van der Waals surface area contributed by atoms with Gasteiger partial charge in [-0.2, -0.15) is 0 Å². The lowest BCUT2D eigenvalue weighted by Crippen LogP contribution is -2.38. The van der Waals surface area contributed by atoms with Crippen LogP contribution in [0.15, 0.2) is 18.2 Å². The van der Waals surface area contributed by atoms with Gasteiger partial charge in [0.05, 0.1) is 0 Å². The van der Waals surface area contributed by atoms with Gasteiger partial charge in [-0.1, -0.05) is 32.0 Å². The number of anilines is 1. The molecule has 1 heterocycles. The van der Waals surface area contributed by atoms with E-state index in [1.54, 1.807) is 0 Å². The molecule has 1 aromatic rings. The lowest BCUT2D eigenvalue weighted by molar-refractivity contribution is 0.213. The van der Waals surface area contributed by atoms with Crippen molar-refractivity contribution in [1.29, 1.82) is 0 Å². The van der Waals surface area contributed by atoms with Crippen LogP contribution in [0.25, 0.3) is 0 Å². The quantitative estimate of drug-likeness (QED) is 0.907. The minimum Gasteiger partial charge on any atom is -0.323 e. The van der Waals surface area contributed by atoms with E-state index in [2.05, 4.69) is 56.2 Å². The Labute approximate surface area is 128 Å². The van der Waals surface area contributed by atoms with E-state index >= 15 is 0 Å². The molecule has 1 N–H and O–H groups in total. The highest BCUT2D eigenvalue weighted by Crippen LogP contribution is 2.27. The fourth-order valence-corrected chi connectivity index (χ4v) is 2.78. The van der Waals surface area contributed by atoms with Gasteiger partial charge in [0.25, 0.3) is 0 Å². The summed E-state index contributed by atoms with van der Waals surface area (Å²) >= 11 is 0. The number of rotatable bonds is 2. The predicted octanol–water partition coefficient (Wildman–Crippen LogP) is 3.29. The molecule has 1 aliphatic rings. The summed E-state index contributed by atoms with van der Waals surface area (Å²) in [5, 5.41) is 3.14. The summed E-state index contributed by atoms with van der Waals surface area (Å²) in [6, 6.07) is 6.24. The van der Waals surface area contributed by atoms with Gasteiger partial charge in [-0.3, -0.25) is 0 Å². The van der Waals surface area contributed by atoms with Crippen molar-refractivity contribution >= 4 is 11.7 Å². The van der Waals surface area contributed by atoms with E-state index in [9.17, 15) is 4.79 Å². The summed E-state index contributed by atoms with van der Waals surface area (Å²) < 4.78 is 0. The Morgan fingerprint density at radius 3 is 2.67 bits per heavy atom. The van der Waals surface area contributed by atoms with E-state index in [4.69, 9.17) is 0 Å². The first-order valence-corrected chi connectivity index (χ1v) is 7.83. The van der Waals surface area contributed by atoms with Crippen molar-refractivity contribution in [2.75, 3.05) is 38.5 Å². The van der Waals surface area contributed by atoms with Gasteiger partial charge in [-0.05, 0) is 44.0 Å². The number of amides is 2. The molecule has 4 heteroatoms. The van der Waals surface area contributed by atoms with Crippen LogP contribution in [0.2, 0.25) is 0 Å². The maximum absolute atomic E-state index is 12.6. The molecule has 0 unspecified atom stereocenters. The molecule has 0 radical (unpaired) electrons. The molecule has 0 bridgehead atoms. The van der Waals surface area contributed by atoms with Crippen molar-refractivity contribution in [3.05, 3.63) is 29.3 Å². The Morgan fingerprint density at radius 2 is 1.95 bits per heavy atom. The first-order chi connectivity index (χ1) is 9.99. The largest absolute Gasteiger partial charge is 0.323 e. The predicted molar refractivity (Wildman–Crippen MR) is 88.0 cm³/mol. The molecule has 2 rings (SSSR count). The van der Waals surface area contributed by atoms with Gasteiger partial charge in [0.1, 0.15) is 0 Å². The number of carbonyl (C=O) groups excluding carboxylic acids is 1.